The average molecular weight is 437 g/mol. The van der Waals surface area contributed by atoms with E-state index in [-0.39, 0.29) is 30.3 Å². The zero-order chi connectivity index (χ0) is 10.6. The smallest absolute Gasteiger partial charge is 0.0579 e. The van der Waals surface area contributed by atoms with Crippen LogP contribution >= 0.6 is 0 Å². The van der Waals surface area contributed by atoms with Gasteiger partial charge in [0.25, 0.3) is 0 Å². The molecule has 0 unspecified atom stereocenters. The molecule has 0 radical (unpaired) electrons. The number of fused-ring (bicyclic) bond motifs is 1. The maximum Gasteiger partial charge on any atom is -0.0579 e. The Kier molecular flexibility index (Phi) is 11.2. The Morgan fingerprint density at radius 1 is 1.12 bits per heavy atom. The van der Waals surface area contributed by atoms with E-state index in [1.54, 1.807) is 0 Å². The normalized spacial score (nSPS) is 8.31. The Balaban J connectivity index is 0. The summed E-state index contributed by atoms with van der Waals surface area (Å²) in [4.78, 5) is 0. The van der Waals surface area contributed by atoms with Gasteiger partial charge in [0, 0.05) is 0 Å². The van der Waals surface area contributed by atoms with Crippen LogP contribution in [0.1, 0.15) is 5.56 Å². The summed E-state index contributed by atoms with van der Waals surface area (Å²) >= 11 is 1.45. The fourth-order valence-corrected chi connectivity index (χ4v) is 1.31. The first-order chi connectivity index (χ1) is 6.59. The van der Waals surface area contributed by atoms with Gasteiger partial charge in [-0.15, -0.1) is 40.6 Å². The third-order valence-electron chi connectivity index (χ3n) is 1.76. The van der Waals surface area contributed by atoms with E-state index in [0.29, 0.717) is 0 Å². The van der Waals surface area contributed by atoms with Gasteiger partial charge in [-0.05, 0) is 0 Å². The van der Waals surface area contributed by atoms with Crippen molar-refractivity contribution in [1.82, 2.24) is 0 Å². The fourth-order valence-electron chi connectivity index (χ4n) is 1.31. The molecule has 0 amide bonds. The molecular weight excluding hydrogens is 422 g/mol. The maximum absolute atomic E-state index is 2.33. The zero-order valence-electron chi connectivity index (χ0n) is 9.72. The number of benzene rings is 1. The van der Waals surface area contributed by atoms with Crippen LogP contribution in [0.2, 0.25) is 13.1 Å². The summed E-state index contributed by atoms with van der Waals surface area (Å²) in [6, 6.07) is 12.8. The molecule has 16 heavy (non-hydrogen) atoms. The summed E-state index contributed by atoms with van der Waals surface area (Å²) in [5.41, 5.74) is 1.61. The Hall–Kier alpha value is 0.497. The molecule has 4 heteroatoms. The van der Waals surface area contributed by atoms with Crippen molar-refractivity contribution in [3.05, 3.63) is 42.0 Å². The molecule has 0 atom stereocenters. The van der Waals surface area contributed by atoms with Crippen LogP contribution in [0, 0.1) is 6.92 Å². The molecule has 2 rings (SSSR count). The number of hydrogen-bond donors (Lipinski definition) is 0. The van der Waals surface area contributed by atoms with Crippen molar-refractivity contribution in [3.8, 4) is 0 Å². The number of rotatable bonds is 0. The van der Waals surface area contributed by atoms with E-state index >= 15 is 0 Å². The second kappa shape index (κ2) is 9.52. The van der Waals surface area contributed by atoms with Gasteiger partial charge >= 0.3 is 41.6 Å². The first-order valence-electron chi connectivity index (χ1n) is 4.73. The summed E-state index contributed by atoms with van der Waals surface area (Å²) < 4.78 is 0. The molecule has 0 bridgehead atoms. The van der Waals surface area contributed by atoms with Crippen molar-refractivity contribution >= 4 is 16.3 Å². The van der Waals surface area contributed by atoms with Crippen molar-refractivity contribution in [1.29, 1.82) is 0 Å². The van der Waals surface area contributed by atoms with Gasteiger partial charge in [0.15, 0.2) is 0 Å². The zero-order valence-corrected chi connectivity index (χ0v) is 15.8. The molecule has 0 aliphatic heterocycles. The van der Waals surface area contributed by atoms with Gasteiger partial charge in [0.2, 0.25) is 0 Å². The van der Waals surface area contributed by atoms with Crippen molar-refractivity contribution < 1.29 is 47.8 Å². The summed E-state index contributed by atoms with van der Waals surface area (Å²) in [6.45, 7) is 6.79. The Morgan fingerprint density at radius 2 is 1.62 bits per heavy atom. The maximum atomic E-state index is 2.33. The first kappa shape index (κ1) is 18.9. The number of aryl methyl sites for hydroxylation is 1. The van der Waals surface area contributed by atoms with E-state index in [4.69, 9.17) is 0 Å². The van der Waals surface area contributed by atoms with Gasteiger partial charge in [-0.2, -0.15) is 6.07 Å². The molecule has 2 aromatic carbocycles. The van der Waals surface area contributed by atoms with Crippen LogP contribution in [0.4, 0.5) is 0 Å². The molecule has 0 aliphatic carbocycles. The van der Waals surface area contributed by atoms with Crippen LogP contribution in [-0.2, 0) is 23.0 Å². The molecule has 0 N–H and O–H groups in total. The fraction of sp³-hybridized carbons (Fsp3) is 0.250. The quantitative estimate of drug-likeness (QED) is 0.321. The number of hydrogen-bond acceptors (Lipinski definition) is 0. The van der Waals surface area contributed by atoms with Crippen molar-refractivity contribution in [3.63, 3.8) is 0 Å². The molecule has 0 aromatic heterocycles. The van der Waals surface area contributed by atoms with E-state index < -0.39 is 0 Å². The third kappa shape index (κ3) is 6.95. The second-order valence-electron chi connectivity index (χ2n) is 3.66. The Bertz CT molecular complexity index is 400. The number of halogens is 2. The molecule has 86 valence electrons. The topological polar surface area (TPSA) is 0 Å². The minimum atomic E-state index is 0. The van der Waals surface area contributed by atoms with Crippen LogP contribution in [0.3, 0.4) is 0 Å². The van der Waals surface area contributed by atoms with E-state index in [9.17, 15) is 0 Å². The molecule has 0 saturated carbocycles. The van der Waals surface area contributed by atoms with Gasteiger partial charge < -0.3 is 24.8 Å². The average Bonchev–Trinajstić information content (AvgIpc) is 2.42. The third-order valence-corrected chi connectivity index (χ3v) is 1.76. The Labute approximate surface area is 125 Å². The predicted molar refractivity (Wildman–Crippen MR) is 61.8 cm³/mol. The minimum Gasteiger partial charge on any atom is -1.00 e. The van der Waals surface area contributed by atoms with Gasteiger partial charge in [0.1, 0.15) is 0 Å². The van der Waals surface area contributed by atoms with E-state index in [1.807, 2.05) is 0 Å². The molecular formula is C12H15Cl2HfSi-. The second-order valence-corrected chi connectivity index (χ2v) is 16.4. The van der Waals surface area contributed by atoms with Crippen LogP contribution in [0.25, 0.3) is 10.8 Å². The SMILES string of the molecule is C[Si](C)=[Hf+2].Cc1cc2ccccc2[cH-]1.[Cl-].[Cl-]. The van der Waals surface area contributed by atoms with Crippen LogP contribution in [-0.4, -0.2) is 5.49 Å². The van der Waals surface area contributed by atoms with Gasteiger partial charge in [0.05, 0.1) is 0 Å². The van der Waals surface area contributed by atoms with E-state index in [0.717, 1.165) is 0 Å². The van der Waals surface area contributed by atoms with Crippen molar-refractivity contribution in [2.75, 3.05) is 0 Å². The first-order valence-corrected chi connectivity index (χ1v) is 12.6. The molecule has 0 heterocycles. The molecule has 0 fully saturated rings. The molecule has 0 spiro atoms. The molecule has 2 aromatic rings. The summed E-state index contributed by atoms with van der Waals surface area (Å²) in [5, 5.41) is 2.69. The summed E-state index contributed by atoms with van der Waals surface area (Å²) in [6.07, 6.45) is 0. The minimum absolute atomic E-state index is 0. The van der Waals surface area contributed by atoms with Gasteiger partial charge in [-0.3, -0.25) is 0 Å². The molecule has 0 aliphatic rings. The largest absolute Gasteiger partial charge is 1.00 e. The standard InChI is InChI=1S/C10H9.C2H6Si.2ClH.Hf/c1-8-6-9-4-2-3-5-10(9)7-8;1-3-2;;;/h2-7H,1H3;1-2H3;2*1H;/q-1;;;;+2/p-2. The van der Waals surface area contributed by atoms with Crippen LogP contribution in [0.15, 0.2) is 36.4 Å². The van der Waals surface area contributed by atoms with E-state index in [2.05, 4.69) is 56.4 Å². The monoisotopic (exact) mass is 437 g/mol. The van der Waals surface area contributed by atoms with Crippen LogP contribution < -0.4 is 24.8 Å². The Morgan fingerprint density at radius 3 is 2.12 bits per heavy atom. The summed E-state index contributed by atoms with van der Waals surface area (Å²) in [7, 11) is 0. The summed E-state index contributed by atoms with van der Waals surface area (Å²) in [5.74, 6) is 0. The van der Waals surface area contributed by atoms with Gasteiger partial charge in [-0.1, -0.05) is 13.0 Å². The van der Waals surface area contributed by atoms with Crippen LogP contribution in [0.5, 0.6) is 0 Å². The molecule has 0 nitrogen and oxygen atoms in total. The van der Waals surface area contributed by atoms with Crippen molar-refractivity contribution in [2.45, 2.75) is 20.0 Å². The van der Waals surface area contributed by atoms with Crippen molar-refractivity contribution in [2.24, 2.45) is 0 Å². The van der Waals surface area contributed by atoms with E-state index in [1.165, 1.54) is 39.3 Å². The molecule has 0 saturated heterocycles. The predicted octanol–water partition coefficient (Wildman–Crippen LogP) is -2.34. The van der Waals surface area contributed by atoms with Gasteiger partial charge in [-0.25, -0.2) is 0 Å².